The summed E-state index contributed by atoms with van der Waals surface area (Å²) in [5, 5.41) is 0. The van der Waals surface area contributed by atoms with E-state index in [1.54, 1.807) is 0 Å². The van der Waals surface area contributed by atoms with E-state index in [0.29, 0.717) is 7.35 Å². The van der Waals surface area contributed by atoms with Crippen LogP contribution in [0.25, 0.3) is 34.4 Å². The van der Waals surface area contributed by atoms with Crippen molar-refractivity contribution in [1.29, 1.82) is 0 Å². The molecule has 0 heterocycles. The van der Waals surface area contributed by atoms with Crippen molar-refractivity contribution in [2.45, 2.75) is 45.8 Å². The van der Waals surface area contributed by atoms with Gasteiger partial charge in [0.25, 0.3) is 0 Å². The predicted octanol–water partition coefficient (Wildman–Crippen LogP) is 11.6. The summed E-state index contributed by atoms with van der Waals surface area (Å²) in [6, 6.07) is 43.4. The zero-order valence-electron chi connectivity index (χ0n) is 27.6. The van der Waals surface area contributed by atoms with Crippen LogP contribution < -0.4 is 0 Å². The number of hydrogen-bond acceptors (Lipinski definition) is 0. The Kier molecular flexibility index (Phi) is 6.47. The summed E-state index contributed by atoms with van der Waals surface area (Å²) in [5.41, 5.74) is 15.3. The Morgan fingerprint density at radius 2 is 1.02 bits per heavy atom. The molecule has 0 radical (unpaired) electrons. The molecule has 0 fully saturated rings. The minimum absolute atomic E-state index is 0.374. The molecule has 2 aliphatic carbocycles. The van der Waals surface area contributed by atoms with Gasteiger partial charge in [-0.2, -0.15) is 0 Å². The fourth-order valence-corrected chi connectivity index (χ4v) is 46.1. The van der Waals surface area contributed by atoms with Gasteiger partial charge in [0.2, 0.25) is 0 Å². The summed E-state index contributed by atoms with van der Waals surface area (Å²) in [4.78, 5) is 0. The summed E-state index contributed by atoms with van der Waals surface area (Å²) in [5.74, 6) is 0. The topological polar surface area (TPSA) is 0 Å². The Morgan fingerprint density at radius 1 is 0.556 bits per heavy atom. The van der Waals surface area contributed by atoms with Gasteiger partial charge in [-0.25, -0.2) is 0 Å². The molecule has 2 atom stereocenters. The average Bonchev–Trinajstić information content (AvgIpc) is 3.68. The van der Waals surface area contributed by atoms with Crippen LogP contribution >= 0.6 is 0 Å². The van der Waals surface area contributed by atoms with Gasteiger partial charge in [0, 0.05) is 0 Å². The van der Waals surface area contributed by atoms with Crippen molar-refractivity contribution in [3.63, 3.8) is 0 Å². The third kappa shape index (κ3) is 4.88. The number of allylic oxidation sites excluding steroid dienone is 2. The van der Waals surface area contributed by atoms with E-state index in [1.807, 2.05) is 0 Å². The zero-order chi connectivity index (χ0) is 31.6. The molecule has 2 aliphatic rings. The number of aryl methyl sites for hydroxylation is 3. The molecule has 0 nitrogen and oxygen atoms in total. The summed E-state index contributed by atoms with van der Waals surface area (Å²) in [6.07, 6.45) is 11.3. The first-order valence-corrected chi connectivity index (χ1v) is 42.5. The van der Waals surface area contributed by atoms with Crippen LogP contribution in [0.15, 0.2) is 127 Å². The van der Waals surface area contributed by atoms with Gasteiger partial charge in [0.05, 0.1) is 0 Å². The maximum atomic E-state index is 2.82. The average molecular weight is 769 g/mol. The van der Waals surface area contributed by atoms with Crippen molar-refractivity contribution in [3.05, 3.63) is 166 Å². The molecule has 45 heavy (non-hydrogen) atoms. The van der Waals surface area contributed by atoms with Crippen molar-refractivity contribution < 1.29 is 14.2 Å². The molecule has 0 aliphatic heterocycles. The molecule has 2 unspecified atom stereocenters. The number of benzene rings is 5. The summed E-state index contributed by atoms with van der Waals surface area (Å²) < 4.78 is 10.4. The number of hydrogen-bond donors (Lipinski definition) is 0. The molecule has 0 spiro atoms. The van der Waals surface area contributed by atoms with E-state index < -0.39 is 14.2 Å². The van der Waals surface area contributed by atoms with Gasteiger partial charge in [0.1, 0.15) is 0 Å². The molecule has 0 N–H and O–H groups in total. The molecule has 0 amide bonds. The van der Waals surface area contributed by atoms with Crippen LogP contribution in [0.1, 0.15) is 46.3 Å². The van der Waals surface area contributed by atoms with E-state index in [4.69, 9.17) is 0 Å². The molecular weight excluding hydrogens is 723 g/mol. The standard InChI is InChI=1S/2C16H13.C8H9.3CH3.Hf.H2Si/c2*1-12-5-2-8-14(11-12)16-10-4-7-13-6-3-9-15(13)16;1-2-8-6-4-3-5-7-8;;;;;/h2*2-11H,1H3;3-7H,1-2H2;3*1H3;;1H2. The molecule has 2 heteroatoms. The molecule has 0 saturated carbocycles. The van der Waals surface area contributed by atoms with Crippen LogP contribution in [-0.4, -0.2) is 6.94 Å². The van der Waals surface area contributed by atoms with E-state index in [2.05, 4.69) is 174 Å². The van der Waals surface area contributed by atoms with E-state index >= 15 is 0 Å². The van der Waals surface area contributed by atoms with Gasteiger partial charge in [-0.05, 0) is 0 Å². The fraction of sp³-hybridized carbons (Fsp3) is 0.209. The second kappa shape index (κ2) is 9.59. The summed E-state index contributed by atoms with van der Waals surface area (Å²) in [6.45, 7) is 6.87. The molecule has 0 saturated heterocycles. The molecule has 226 valence electrons. The van der Waals surface area contributed by atoms with Crippen LogP contribution in [0.2, 0.25) is 18.2 Å². The van der Waals surface area contributed by atoms with E-state index in [0.717, 1.165) is 6.42 Å². The molecule has 0 aromatic heterocycles. The number of rotatable bonds is 7. The van der Waals surface area contributed by atoms with Crippen LogP contribution in [0.4, 0.5) is 0 Å². The molecular formula is C43H46HfSi. The van der Waals surface area contributed by atoms with Crippen molar-refractivity contribution in [2.24, 2.45) is 0 Å². The monoisotopic (exact) mass is 770 g/mol. The van der Waals surface area contributed by atoms with Crippen molar-refractivity contribution in [3.8, 4) is 22.3 Å². The van der Waals surface area contributed by atoms with Crippen LogP contribution in [-0.2, 0) is 20.6 Å². The SMILES string of the molecule is Cc1cccc(-c2cccc3c2C=C[CH]3[Hf]([CH3])([CH3])([CH3])(=[SiH2])([CH2]Cc2ccccc2)[CH]2C=Cc3c(-c4cccc(C)c4)cccc32)c1. The Bertz CT molecular complexity index is 2050. The zero-order valence-corrected chi connectivity index (χ0v) is 32.6. The third-order valence-electron chi connectivity index (χ3n) is 12.1. The Balaban J connectivity index is 1.45. The second-order valence-electron chi connectivity index (χ2n) is 17.6. The fourth-order valence-electron chi connectivity index (χ4n) is 9.22. The predicted molar refractivity (Wildman–Crippen MR) is 198 cm³/mol. The van der Waals surface area contributed by atoms with Crippen molar-refractivity contribution >= 4 is 19.1 Å². The molecule has 7 rings (SSSR count). The summed E-state index contributed by atoms with van der Waals surface area (Å²) in [7, 11) is 0. The van der Waals surface area contributed by atoms with Crippen LogP contribution in [0.5, 0.6) is 0 Å². The third-order valence-corrected chi connectivity index (χ3v) is 57.7. The first kappa shape index (κ1) is 30.3. The van der Waals surface area contributed by atoms with Gasteiger partial charge in [-0.1, -0.05) is 0 Å². The van der Waals surface area contributed by atoms with Gasteiger partial charge in [-0.3, -0.25) is 0 Å². The first-order chi connectivity index (χ1) is 21.3. The first-order valence-electron chi connectivity index (χ1n) is 16.7. The molecule has 5 aromatic rings. The van der Waals surface area contributed by atoms with Crippen molar-refractivity contribution in [1.82, 2.24) is 0 Å². The van der Waals surface area contributed by atoms with E-state index in [1.165, 1.54) is 65.4 Å². The summed E-state index contributed by atoms with van der Waals surface area (Å²) >= 11 is -5.09. The van der Waals surface area contributed by atoms with Gasteiger partial charge in [0.15, 0.2) is 0 Å². The van der Waals surface area contributed by atoms with Gasteiger partial charge in [-0.15, -0.1) is 0 Å². The Labute approximate surface area is 266 Å². The second-order valence-corrected chi connectivity index (χ2v) is 99.3. The normalized spacial score (nSPS) is 19.3. The Morgan fingerprint density at radius 3 is 1.49 bits per heavy atom. The van der Waals surface area contributed by atoms with Crippen molar-refractivity contribution in [2.75, 3.05) is 0 Å². The minimum atomic E-state index is -5.09. The quantitative estimate of drug-likeness (QED) is 0.145. The maximum absolute atomic E-state index is 5.09. The van der Waals surface area contributed by atoms with E-state index in [9.17, 15) is 0 Å². The van der Waals surface area contributed by atoms with Crippen LogP contribution in [0, 0.1) is 13.8 Å². The van der Waals surface area contributed by atoms with Gasteiger partial charge >= 0.3 is 268 Å². The Hall–Kier alpha value is -3.33. The van der Waals surface area contributed by atoms with E-state index in [-0.39, 0.29) is 0 Å². The number of fused-ring (bicyclic) bond motifs is 2. The molecule has 0 bridgehead atoms. The van der Waals surface area contributed by atoms with Crippen LogP contribution in [0.3, 0.4) is 0 Å². The van der Waals surface area contributed by atoms with Gasteiger partial charge < -0.3 is 0 Å². The molecule has 5 aromatic carbocycles.